The zero-order valence-corrected chi connectivity index (χ0v) is 12.8. The maximum Gasteiger partial charge on any atom is 0.132 e. The summed E-state index contributed by atoms with van der Waals surface area (Å²) in [4.78, 5) is 7.57. The number of aromatic nitrogens is 1. The van der Waals surface area contributed by atoms with Crippen molar-refractivity contribution in [2.75, 3.05) is 24.5 Å². The summed E-state index contributed by atoms with van der Waals surface area (Å²) in [7, 11) is 0. The van der Waals surface area contributed by atoms with E-state index in [9.17, 15) is 0 Å². The summed E-state index contributed by atoms with van der Waals surface area (Å²) in [6.45, 7) is 8.02. The molecule has 3 heteroatoms. The van der Waals surface area contributed by atoms with E-state index in [-0.39, 0.29) is 0 Å². The summed E-state index contributed by atoms with van der Waals surface area (Å²) in [6.07, 6.45) is 1.21. The van der Waals surface area contributed by atoms with Crippen molar-refractivity contribution in [1.82, 2.24) is 10.3 Å². The van der Waals surface area contributed by atoms with Crippen molar-refractivity contribution in [2.45, 2.75) is 26.3 Å². The lowest BCUT2D eigenvalue weighted by molar-refractivity contribution is 0.441. The fraction of sp³-hybridized carbons (Fsp3) is 0.500. The van der Waals surface area contributed by atoms with E-state index < -0.39 is 0 Å². The fourth-order valence-corrected chi connectivity index (χ4v) is 4.29. The van der Waals surface area contributed by atoms with Crippen LogP contribution in [0.15, 0.2) is 30.3 Å². The molecule has 0 amide bonds. The molecule has 0 saturated carbocycles. The molecule has 3 heterocycles. The third-order valence-corrected chi connectivity index (χ3v) is 5.30. The van der Waals surface area contributed by atoms with Crippen molar-refractivity contribution in [3.63, 3.8) is 0 Å². The van der Waals surface area contributed by atoms with Crippen LogP contribution in [0, 0.1) is 18.8 Å². The van der Waals surface area contributed by atoms with Crippen LogP contribution >= 0.6 is 0 Å². The zero-order chi connectivity index (χ0) is 14.4. The first kappa shape index (κ1) is 13.1. The van der Waals surface area contributed by atoms with Crippen molar-refractivity contribution in [3.05, 3.63) is 35.9 Å². The summed E-state index contributed by atoms with van der Waals surface area (Å²) in [5.41, 5.74) is 2.42. The molecule has 1 aromatic carbocycles. The second-order valence-corrected chi connectivity index (χ2v) is 6.53. The van der Waals surface area contributed by atoms with Crippen LogP contribution in [0.2, 0.25) is 0 Å². The van der Waals surface area contributed by atoms with Gasteiger partial charge in [-0.2, -0.15) is 0 Å². The maximum atomic E-state index is 4.99. The Morgan fingerprint density at radius 2 is 2.14 bits per heavy atom. The number of nitrogens with zero attached hydrogens (tertiary/aromatic N) is 2. The molecule has 2 aliphatic heterocycles. The summed E-state index contributed by atoms with van der Waals surface area (Å²) in [5.74, 6) is 2.79. The molecule has 3 unspecified atom stereocenters. The maximum absolute atomic E-state index is 4.99. The molecular formula is C18H23N3. The molecular weight excluding hydrogens is 258 g/mol. The van der Waals surface area contributed by atoms with Crippen LogP contribution in [0.1, 0.15) is 18.9 Å². The van der Waals surface area contributed by atoms with Gasteiger partial charge >= 0.3 is 0 Å². The molecule has 3 nitrogen and oxygen atoms in total. The number of para-hydroxylation sites is 1. The Labute approximate surface area is 126 Å². The predicted molar refractivity (Wildman–Crippen MR) is 87.8 cm³/mol. The van der Waals surface area contributed by atoms with E-state index in [0.717, 1.165) is 23.9 Å². The van der Waals surface area contributed by atoms with Crippen LogP contribution in [0.4, 0.5) is 5.82 Å². The van der Waals surface area contributed by atoms with Gasteiger partial charge in [-0.15, -0.1) is 0 Å². The molecule has 1 aromatic heterocycles. The van der Waals surface area contributed by atoms with Gasteiger partial charge in [0.15, 0.2) is 0 Å². The van der Waals surface area contributed by atoms with Gasteiger partial charge in [-0.1, -0.05) is 25.1 Å². The fourth-order valence-electron chi connectivity index (χ4n) is 4.29. The summed E-state index contributed by atoms with van der Waals surface area (Å²) in [5, 5.41) is 4.80. The number of pyridine rings is 1. The van der Waals surface area contributed by atoms with Gasteiger partial charge in [0, 0.05) is 31.1 Å². The average molecular weight is 281 g/mol. The second-order valence-electron chi connectivity index (χ2n) is 6.53. The Bertz CT molecular complexity index is 667. The molecule has 0 spiro atoms. The van der Waals surface area contributed by atoms with Crippen LogP contribution in [-0.4, -0.2) is 30.7 Å². The first-order chi connectivity index (χ1) is 10.3. The molecule has 1 N–H and O–H groups in total. The number of nitrogens with one attached hydrogen (secondary N) is 1. The van der Waals surface area contributed by atoms with Gasteiger partial charge in [0.05, 0.1) is 5.52 Å². The molecule has 2 aliphatic rings. The highest BCUT2D eigenvalue weighted by molar-refractivity contribution is 5.81. The van der Waals surface area contributed by atoms with E-state index in [4.69, 9.17) is 4.98 Å². The number of anilines is 1. The lowest BCUT2D eigenvalue weighted by Crippen LogP contribution is -2.36. The lowest BCUT2D eigenvalue weighted by atomic mass is 9.93. The quantitative estimate of drug-likeness (QED) is 0.917. The Morgan fingerprint density at radius 3 is 3.00 bits per heavy atom. The molecule has 110 valence electrons. The number of hydrogen-bond acceptors (Lipinski definition) is 3. The molecule has 21 heavy (non-hydrogen) atoms. The van der Waals surface area contributed by atoms with Gasteiger partial charge in [-0.25, -0.2) is 4.98 Å². The largest absolute Gasteiger partial charge is 0.353 e. The highest BCUT2D eigenvalue weighted by atomic mass is 15.3. The van der Waals surface area contributed by atoms with E-state index in [1.54, 1.807) is 0 Å². The van der Waals surface area contributed by atoms with Gasteiger partial charge in [0.25, 0.3) is 0 Å². The molecule has 3 atom stereocenters. The van der Waals surface area contributed by atoms with E-state index in [0.29, 0.717) is 6.04 Å². The van der Waals surface area contributed by atoms with E-state index >= 15 is 0 Å². The first-order valence-electron chi connectivity index (χ1n) is 8.11. The number of rotatable bonds is 2. The van der Waals surface area contributed by atoms with Gasteiger partial charge in [-0.3, -0.25) is 0 Å². The normalized spacial score (nSPS) is 28.3. The standard InChI is InChI=1S/C18H23N3/c1-3-17-15-10-19-9-14(15)11-21(17)18-12(2)8-13-6-4-5-7-16(13)20-18/h4-8,14-15,17,19H,3,9-11H2,1-2H3. The summed E-state index contributed by atoms with van der Waals surface area (Å²) in [6, 6.07) is 11.4. The van der Waals surface area contributed by atoms with Crippen molar-refractivity contribution in [1.29, 1.82) is 0 Å². The Balaban J connectivity index is 1.77. The number of benzene rings is 1. The average Bonchev–Trinajstić information content (AvgIpc) is 3.06. The van der Waals surface area contributed by atoms with Crippen molar-refractivity contribution in [3.8, 4) is 0 Å². The summed E-state index contributed by atoms with van der Waals surface area (Å²) >= 11 is 0. The van der Waals surface area contributed by atoms with Crippen LogP contribution in [0.3, 0.4) is 0 Å². The van der Waals surface area contributed by atoms with Gasteiger partial charge < -0.3 is 10.2 Å². The molecule has 0 aliphatic carbocycles. The smallest absolute Gasteiger partial charge is 0.132 e. The second kappa shape index (κ2) is 4.99. The van der Waals surface area contributed by atoms with Crippen molar-refractivity contribution < 1.29 is 0 Å². The van der Waals surface area contributed by atoms with Gasteiger partial charge in [0.2, 0.25) is 0 Å². The third kappa shape index (κ3) is 2.03. The number of fused-ring (bicyclic) bond motifs is 2. The van der Waals surface area contributed by atoms with E-state index in [1.807, 2.05) is 0 Å². The van der Waals surface area contributed by atoms with Gasteiger partial charge in [-0.05, 0) is 42.9 Å². The van der Waals surface area contributed by atoms with E-state index in [1.165, 1.54) is 36.3 Å². The van der Waals surface area contributed by atoms with Gasteiger partial charge in [0.1, 0.15) is 5.82 Å². The first-order valence-corrected chi connectivity index (χ1v) is 8.11. The minimum atomic E-state index is 0.636. The highest BCUT2D eigenvalue weighted by Gasteiger charge is 2.43. The molecule has 2 aromatic rings. The van der Waals surface area contributed by atoms with Crippen LogP contribution in [0.25, 0.3) is 10.9 Å². The van der Waals surface area contributed by atoms with Crippen LogP contribution in [-0.2, 0) is 0 Å². The third-order valence-electron chi connectivity index (χ3n) is 5.30. The Morgan fingerprint density at radius 1 is 1.29 bits per heavy atom. The van der Waals surface area contributed by atoms with Crippen molar-refractivity contribution in [2.24, 2.45) is 11.8 Å². The SMILES string of the molecule is CCC1C2CNCC2CN1c1nc2ccccc2cc1C. The molecule has 0 radical (unpaired) electrons. The zero-order valence-electron chi connectivity index (χ0n) is 12.8. The minimum Gasteiger partial charge on any atom is -0.353 e. The summed E-state index contributed by atoms with van der Waals surface area (Å²) < 4.78 is 0. The predicted octanol–water partition coefficient (Wildman–Crippen LogP) is 2.98. The molecule has 2 saturated heterocycles. The topological polar surface area (TPSA) is 28.2 Å². The van der Waals surface area contributed by atoms with Crippen LogP contribution in [0.5, 0.6) is 0 Å². The van der Waals surface area contributed by atoms with E-state index in [2.05, 4.69) is 54.4 Å². The van der Waals surface area contributed by atoms with Crippen LogP contribution < -0.4 is 10.2 Å². The highest BCUT2D eigenvalue weighted by Crippen LogP contribution is 2.38. The Kier molecular flexibility index (Phi) is 3.11. The monoisotopic (exact) mass is 281 g/mol. The lowest BCUT2D eigenvalue weighted by Gasteiger charge is -2.29. The minimum absolute atomic E-state index is 0.636. The number of aryl methyl sites for hydroxylation is 1. The molecule has 0 bridgehead atoms. The molecule has 2 fully saturated rings. The Hall–Kier alpha value is -1.61. The number of hydrogen-bond donors (Lipinski definition) is 1. The van der Waals surface area contributed by atoms with Crippen molar-refractivity contribution >= 4 is 16.7 Å². The molecule has 4 rings (SSSR count).